The van der Waals surface area contributed by atoms with Gasteiger partial charge in [-0.1, -0.05) is 12.1 Å². The van der Waals surface area contributed by atoms with Crippen LogP contribution >= 0.6 is 0 Å². The molecule has 0 unspecified atom stereocenters. The Morgan fingerprint density at radius 2 is 1.84 bits per heavy atom. The number of carbonyl (C=O) groups is 2. The lowest BCUT2D eigenvalue weighted by atomic mass is 10.2. The summed E-state index contributed by atoms with van der Waals surface area (Å²) in [5.74, 6) is 0.0322. The summed E-state index contributed by atoms with van der Waals surface area (Å²) in [7, 11) is -3.82. The summed E-state index contributed by atoms with van der Waals surface area (Å²) in [5, 5.41) is 2.66. The lowest BCUT2D eigenvalue weighted by Gasteiger charge is -2.23. The largest absolute Gasteiger partial charge is 0.479 e. The molecule has 0 bridgehead atoms. The summed E-state index contributed by atoms with van der Waals surface area (Å²) in [6.07, 6.45) is -0.602. The molecule has 1 atom stereocenters. The number of Topliss-reactive ketones (excluding diaryl/α,β-unsaturated/α-hetero) is 1. The van der Waals surface area contributed by atoms with Gasteiger partial charge in [-0.25, -0.2) is 8.42 Å². The van der Waals surface area contributed by atoms with E-state index in [1.54, 1.807) is 19.1 Å². The van der Waals surface area contributed by atoms with Crippen molar-refractivity contribution in [3.63, 3.8) is 0 Å². The van der Waals surface area contributed by atoms with E-state index in [2.05, 4.69) is 10.0 Å². The quantitative estimate of drug-likeness (QED) is 0.815. The van der Waals surface area contributed by atoms with E-state index in [0.717, 1.165) is 0 Å². The zero-order valence-corrected chi connectivity index (χ0v) is 14.4. The highest BCUT2D eigenvalue weighted by Gasteiger charge is 2.24. The van der Waals surface area contributed by atoms with Crippen LogP contribution in [0.2, 0.25) is 0 Å². The maximum absolute atomic E-state index is 12.5. The zero-order valence-electron chi connectivity index (χ0n) is 13.6. The Hall–Kier alpha value is -2.87. The van der Waals surface area contributed by atoms with Crippen LogP contribution in [0, 0.1) is 0 Å². The summed E-state index contributed by atoms with van der Waals surface area (Å²) in [5.41, 5.74) is 1.12. The standard InChI is InChI=1S/C17H16N2O5S/c1-10(20)12-3-6-14(7-4-12)25(22,23)19-13-5-8-16-15(9-13)18-17(21)11(2)24-16/h3-9,11,19H,1-2H3,(H,18,21)/t11-/m0/s1. The van der Waals surface area contributed by atoms with Gasteiger partial charge in [0.1, 0.15) is 5.75 Å². The number of hydrogen-bond acceptors (Lipinski definition) is 5. The molecule has 0 aliphatic carbocycles. The van der Waals surface area contributed by atoms with Gasteiger partial charge in [0.25, 0.3) is 15.9 Å². The van der Waals surface area contributed by atoms with E-state index < -0.39 is 16.1 Å². The van der Waals surface area contributed by atoms with Gasteiger partial charge in [0.05, 0.1) is 16.3 Å². The van der Waals surface area contributed by atoms with Gasteiger partial charge >= 0.3 is 0 Å². The van der Waals surface area contributed by atoms with E-state index >= 15 is 0 Å². The van der Waals surface area contributed by atoms with Gasteiger partial charge in [-0.05, 0) is 44.2 Å². The van der Waals surface area contributed by atoms with Crippen molar-refractivity contribution in [3.05, 3.63) is 48.0 Å². The number of ether oxygens (including phenoxy) is 1. The molecule has 0 fully saturated rings. The lowest BCUT2D eigenvalue weighted by molar-refractivity contribution is -0.122. The van der Waals surface area contributed by atoms with Crippen molar-refractivity contribution in [2.75, 3.05) is 10.0 Å². The molecule has 0 saturated carbocycles. The summed E-state index contributed by atoms with van der Waals surface area (Å²) in [6.45, 7) is 3.03. The van der Waals surface area contributed by atoms with Crippen molar-refractivity contribution in [1.82, 2.24) is 0 Å². The van der Waals surface area contributed by atoms with Crippen molar-refractivity contribution >= 4 is 33.1 Å². The Morgan fingerprint density at radius 1 is 1.16 bits per heavy atom. The van der Waals surface area contributed by atoms with E-state index in [-0.39, 0.29) is 22.3 Å². The Balaban J connectivity index is 1.85. The molecule has 1 heterocycles. The fourth-order valence-electron chi connectivity index (χ4n) is 2.36. The number of carbonyl (C=O) groups excluding carboxylic acids is 2. The molecule has 0 saturated heterocycles. The summed E-state index contributed by atoms with van der Waals surface area (Å²) in [6, 6.07) is 10.3. The number of anilines is 2. The van der Waals surface area contributed by atoms with Crippen molar-refractivity contribution < 1.29 is 22.7 Å². The normalized spacial score (nSPS) is 16.4. The third-order valence-corrected chi connectivity index (χ3v) is 5.13. The zero-order chi connectivity index (χ0) is 18.2. The first-order valence-corrected chi connectivity index (χ1v) is 9.00. The van der Waals surface area contributed by atoms with Crippen molar-refractivity contribution in [3.8, 4) is 5.75 Å². The molecule has 2 aromatic carbocycles. The van der Waals surface area contributed by atoms with Gasteiger partial charge in [-0.15, -0.1) is 0 Å². The second-order valence-electron chi connectivity index (χ2n) is 5.65. The average Bonchev–Trinajstić information content (AvgIpc) is 2.56. The molecule has 3 rings (SSSR count). The van der Waals surface area contributed by atoms with E-state index in [1.165, 1.54) is 37.3 Å². The second-order valence-corrected chi connectivity index (χ2v) is 7.33. The lowest BCUT2D eigenvalue weighted by Crippen LogP contribution is -2.34. The van der Waals surface area contributed by atoms with Crippen LogP contribution in [0.15, 0.2) is 47.4 Å². The first-order valence-electron chi connectivity index (χ1n) is 7.52. The summed E-state index contributed by atoms with van der Waals surface area (Å²) >= 11 is 0. The van der Waals surface area contributed by atoms with Crippen LogP contribution in [0.4, 0.5) is 11.4 Å². The fraction of sp³-hybridized carbons (Fsp3) is 0.176. The molecule has 7 nitrogen and oxygen atoms in total. The molecule has 25 heavy (non-hydrogen) atoms. The van der Waals surface area contributed by atoms with Gasteiger partial charge < -0.3 is 10.1 Å². The van der Waals surface area contributed by atoms with Gasteiger partial charge in [-0.3, -0.25) is 14.3 Å². The van der Waals surface area contributed by atoms with Crippen LogP contribution in [0.1, 0.15) is 24.2 Å². The average molecular weight is 360 g/mol. The van der Waals surface area contributed by atoms with E-state index in [4.69, 9.17) is 4.74 Å². The SMILES string of the molecule is CC(=O)c1ccc(S(=O)(=O)Nc2ccc3c(c2)NC(=O)[C@H](C)O3)cc1. The predicted molar refractivity (Wildman–Crippen MR) is 92.4 cm³/mol. The van der Waals surface area contributed by atoms with Gasteiger partial charge in [0.15, 0.2) is 11.9 Å². The van der Waals surface area contributed by atoms with Crippen LogP contribution in [-0.4, -0.2) is 26.2 Å². The first kappa shape index (κ1) is 17.0. The molecule has 0 spiro atoms. The second kappa shape index (κ2) is 6.21. The summed E-state index contributed by atoms with van der Waals surface area (Å²) in [4.78, 5) is 23.0. The van der Waals surface area contributed by atoms with Gasteiger partial charge in [-0.2, -0.15) is 0 Å². The number of benzene rings is 2. The number of fused-ring (bicyclic) bond motifs is 1. The Kier molecular flexibility index (Phi) is 4.22. The Morgan fingerprint density at radius 3 is 2.48 bits per heavy atom. The highest BCUT2D eigenvalue weighted by molar-refractivity contribution is 7.92. The minimum Gasteiger partial charge on any atom is -0.479 e. The number of rotatable bonds is 4. The molecule has 1 amide bonds. The number of nitrogens with one attached hydrogen (secondary N) is 2. The molecule has 8 heteroatoms. The molecule has 2 N–H and O–H groups in total. The van der Waals surface area contributed by atoms with Crippen LogP contribution in [0.5, 0.6) is 5.75 Å². The topological polar surface area (TPSA) is 102 Å². The van der Waals surface area contributed by atoms with Crippen molar-refractivity contribution in [1.29, 1.82) is 0 Å². The maximum Gasteiger partial charge on any atom is 0.265 e. The third-order valence-electron chi connectivity index (χ3n) is 3.73. The number of hydrogen-bond donors (Lipinski definition) is 2. The molecular weight excluding hydrogens is 344 g/mol. The molecule has 1 aliphatic rings. The van der Waals surface area contributed by atoms with E-state index in [0.29, 0.717) is 17.0 Å². The smallest absolute Gasteiger partial charge is 0.265 e. The van der Waals surface area contributed by atoms with Gasteiger partial charge in [0.2, 0.25) is 0 Å². The minimum absolute atomic E-state index is 0.0316. The molecule has 130 valence electrons. The Bertz CT molecular complexity index is 952. The number of sulfonamides is 1. The summed E-state index contributed by atoms with van der Waals surface area (Å²) < 4.78 is 32.8. The molecular formula is C17H16N2O5S. The maximum atomic E-state index is 12.5. The van der Waals surface area contributed by atoms with Crippen LogP contribution < -0.4 is 14.8 Å². The number of ketones is 1. The highest BCUT2D eigenvalue weighted by atomic mass is 32.2. The highest BCUT2D eigenvalue weighted by Crippen LogP contribution is 2.32. The molecule has 0 radical (unpaired) electrons. The van der Waals surface area contributed by atoms with Crippen LogP contribution in [-0.2, 0) is 14.8 Å². The van der Waals surface area contributed by atoms with Crippen LogP contribution in [0.3, 0.4) is 0 Å². The number of amides is 1. The fourth-order valence-corrected chi connectivity index (χ4v) is 3.40. The predicted octanol–water partition coefficient (Wildman–Crippen LogP) is 2.41. The third kappa shape index (κ3) is 3.48. The molecule has 0 aromatic heterocycles. The van der Waals surface area contributed by atoms with E-state index in [1.807, 2.05) is 0 Å². The Labute approximate surface area is 145 Å². The van der Waals surface area contributed by atoms with Crippen molar-refractivity contribution in [2.24, 2.45) is 0 Å². The monoisotopic (exact) mass is 360 g/mol. The molecule has 2 aromatic rings. The van der Waals surface area contributed by atoms with Crippen LogP contribution in [0.25, 0.3) is 0 Å². The minimum atomic E-state index is -3.82. The van der Waals surface area contributed by atoms with Gasteiger partial charge in [0, 0.05) is 5.56 Å². The first-order chi connectivity index (χ1) is 11.8. The molecule has 1 aliphatic heterocycles. The van der Waals surface area contributed by atoms with E-state index in [9.17, 15) is 18.0 Å². The van der Waals surface area contributed by atoms with Crippen molar-refractivity contribution in [2.45, 2.75) is 24.8 Å².